The van der Waals surface area contributed by atoms with Crippen LogP contribution in [0.15, 0.2) is 45.8 Å². The number of azide groups is 1. The highest BCUT2D eigenvalue weighted by Gasteiger charge is 2.11. The molecule has 0 aromatic heterocycles. The number of phenolic OH excluding ortho intramolecular Hbond substituents is 1. The van der Waals surface area contributed by atoms with E-state index in [4.69, 9.17) is 5.53 Å². The first kappa shape index (κ1) is 21.1. The number of hydrogen-bond acceptors (Lipinski definition) is 4. The molecule has 0 bridgehead atoms. The van der Waals surface area contributed by atoms with Crippen LogP contribution in [0.25, 0.3) is 10.4 Å². The van der Waals surface area contributed by atoms with Gasteiger partial charge in [0.1, 0.15) is 5.75 Å². The van der Waals surface area contributed by atoms with Crippen LogP contribution in [0.3, 0.4) is 0 Å². The van der Waals surface area contributed by atoms with Gasteiger partial charge in [-0.05, 0) is 73.2 Å². The molecule has 0 aliphatic rings. The maximum Gasteiger partial charge on any atom is 0.319 e. The Morgan fingerprint density at radius 1 is 1.18 bits per heavy atom. The van der Waals surface area contributed by atoms with Crippen molar-refractivity contribution >= 4 is 21.7 Å². The van der Waals surface area contributed by atoms with Gasteiger partial charge in [-0.15, -0.1) is 0 Å². The van der Waals surface area contributed by atoms with Gasteiger partial charge in [0.05, 0.1) is 4.90 Å². The molecule has 0 saturated carbocycles. The van der Waals surface area contributed by atoms with Gasteiger partial charge in [0.25, 0.3) is 10.0 Å². The Labute approximate surface area is 163 Å². The molecule has 0 aliphatic heterocycles. The molecule has 10 heteroatoms. The highest BCUT2D eigenvalue weighted by Crippen LogP contribution is 2.23. The molecule has 28 heavy (non-hydrogen) atoms. The quantitative estimate of drug-likeness (QED) is 0.280. The van der Waals surface area contributed by atoms with Crippen molar-refractivity contribution in [2.75, 3.05) is 11.9 Å². The highest BCUT2D eigenvalue weighted by molar-refractivity contribution is 7.90. The van der Waals surface area contributed by atoms with E-state index in [0.717, 1.165) is 29.5 Å². The molecule has 3 N–H and O–H groups in total. The molecule has 0 unspecified atom stereocenters. The van der Waals surface area contributed by atoms with E-state index in [-0.39, 0.29) is 4.90 Å². The van der Waals surface area contributed by atoms with E-state index in [2.05, 4.69) is 20.1 Å². The van der Waals surface area contributed by atoms with Crippen molar-refractivity contribution < 1.29 is 18.3 Å². The minimum absolute atomic E-state index is 0.157. The third-order valence-corrected chi connectivity index (χ3v) is 5.19. The molecule has 0 fully saturated rings. The molecule has 2 aromatic rings. The smallest absolute Gasteiger partial charge is 0.319 e. The number of phenols is 1. The van der Waals surface area contributed by atoms with E-state index in [1.807, 2.05) is 26.0 Å². The first-order valence-corrected chi connectivity index (χ1v) is 9.92. The molecule has 148 valence electrons. The molecular formula is C18H21N5O4S. The first-order chi connectivity index (χ1) is 13.2. The van der Waals surface area contributed by atoms with E-state index in [0.29, 0.717) is 18.0 Å². The predicted molar refractivity (Wildman–Crippen MR) is 106 cm³/mol. The number of anilines is 1. The predicted octanol–water partition coefficient (Wildman–Crippen LogP) is 3.76. The normalized spacial score (nSPS) is 10.8. The molecule has 0 atom stereocenters. The lowest BCUT2D eigenvalue weighted by molar-refractivity contribution is 0.252. The number of aryl methyl sites for hydroxylation is 3. The zero-order valence-corrected chi connectivity index (χ0v) is 16.3. The lowest BCUT2D eigenvalue weighted by Crippen LogP contribution is -2.29. The van der Waals surface area contributed by atoms with E-state index >= 15 is 0 Å². The Morgan fingerprint density at radius 3 is 2.36 bits per heavy atom. The summed E-state index contributed by atoms with van der Waals surface area (Å²) in [6, 6.07) is 8.74. The van der Waals surface area contributed by atoms with Gasteiger partial charge in [-0.2, -0.15) is 0 Å². The van der Waals surface area contributed by atoms with Crippen molar-refractivity contribution in [1.29, 1.82) is 0 Å². The summed E-state index contributed by atoms with van der Waals surface area (Å²) in [7, 11) is -4.04. The van der Waals surface area contributed by atoms with Crippen LogP contribution in [0.2, 0.25) is 0 Å². The maximum absolute atomic E-state index is 11.9. The second-order valence-electron chi connectivity index (χ2n) is 6.23. The SMILES string of the molecule is Cc1cc(CCCNC(=O)Nc2ccc(S(=O)(=O)N=[N+]=[N-])cc2)cc(C)c1O. The summed E-state index contributed by atoms with van der Waals surface area (Å²) in [5, 5.41) is 15.1. The van der Waals surface area contributed by atoms with Gasteiger partial charge in [-0.1, -0.05) is 12.1 Å². The second kappa shape index (κ2) is 9.12. The van der Waals surface area contributed by atoms with E-state index in [1.165, 1.54) is 24.3 Å². The topological polar surface area (TPSA) is 144 Å². The number of nitrogens with zero attached hydrogens (tertiary/aromatic N) is 3. The van der Waals surface area contributed by atoms with Crippen molar-refractivity contribution in [3.8, 4) is 5.75 Å². The van der Waals surface area contributed by atoms with Crippen LogP contribution >= 0.6 is 0 Å². The lowest BCUT2D eigenvalue weighted by Gasteiger charge is -2.10. The van der Waals surface area contributed by atoms with Crippen molar-refractivity contribution in [1.82, 2.24) is 5.32 Å². The number of benzene rings is 2. The Hall–Kier alpha value is -3.23. The van der Waals surface area contributed by atoms with Crippen LogP contribution in [-0.2, 0) is 16.4 Å². The van der Waals surface area contributed by atoms with Crippen molar-refractivity contribution in [3.05, 3.63) is 63.5 Å². The van der Waals surface area contributed by atoms with Crippen LogP contribution in [0.4, 0.5) is 10.5 Å². The number of carbonyl (C=O) groups excluding carboxylic acids is 1. The minimum Gasteiger partial charge on any atom is -0.507 e. The van der Waals surface area contributed by atoms with E-state index in [9.17, 15) is 18.3 Å². The molecule has 0 radical (unpaired) electrons. The second-order valence-corrected chi connectivity index (χ2v) is 7.82. The average molecular weight is 403 g/mol. The van der Waals surface area contributed by atoms with Gasteiger partial charge < -0.3 is 15.7 Å². The molecule has 2 amide bonds. The summed E-state index contributed by atoms with van der Waals surface area (Å²) >= 11 is 0. The molecule has 0 saturated heterocycles. The van der Waals surface area contributed by atoms with Crippen LogP contribution in [0.5, 0.6) is 5.75 Å². The number of sulfonamides is 1. The summed E-state index contributed by atoms with van der Waals surface area (Å²) in [6.45, 7) is 4.15. The van der Waals surface area contributed by atoms with Crippen LogP contribution in [0, 0.1) is 13.8 Å². The third kappa shape index (κ3) is 5.63. The first-order valence-electron chi connectivity index (χ1n) is 8.48. The number of amides is 2. The molecular weight excluding hydrogens is 382 g/mol. The summed E-state index contributed by atoms with van der Waals surface area (Å²) in [6.07, 6.45) is 1.48. The Bertz CT molecular complexity index is 990. The Balaban J connectivity index is 1.82. The fourth-order valence-corrected chi connectivity index (χ4v) is 3.34. The number of carbonyl (C=O) groups is 1. The lowest BCUT2D eigenvalue weighted by atomic mass is 10.0. The van der Waals surface area contributed by atoms with Gasteiger partial charge in [0.15, 0.2) is 0 Å². The molecule has 9 nitrogen and oxygen atoms in total. The fourth-order valence-electron chi connectivity index (χ4n) is 2.67. The van der Waals surface area contributed by atoms with Crippen LogP contribution < -0.4 is 10.6 Å². The summed E-state index contributed by atoms with van der Waals surface area (Å²) in [5.74, 6) is 0.305. The summed E-state index contributed by atoms with van der Waals surface area (Å²) in [4.78, 5) is 14.0. The van der Waals surface area contributed by atoms with E-state index in [1.54, 1.807) is 0 Å². The molecule has 0 heterocycles. The van der Waals surface area contributed by atoms with Crippen molar-refractivity contribution in [3.63, 3.8) is 0 Å². The van der Waals surface area contributed by atoms with Gasteiger partial charge >= 0.3 is 6.03 Å². The molecule has 2 rings (SSSR count). The molecule has 0 aliphatic carbocycles. The third-order valence-electron chi connectivity index (χ3n) is 4.03. The Kier molecular flexibility index (Phi) is 6.86. The van der Waals surface area contributed by atoms with Crippen LogP contribution in [0.1, 0.15) is 23.1 Å². The maximum atomic E-state index is 11.9. The van der Waals surface area contributed by atoms with Gasteiger partial charge in [-0.25, -0.2) is 13.2 Å². The number of hydrogen-bond donors (Lipinski definition) is 3. The van der Waals surface area contributed by atoms with Gasteiger partial charge in [0.2, 0.25) is 0 Å². The van der Waals surface area contributed by atoms with E-state index < -0.39 is 16.1 Å². The molecule has 0 spiro atoms. The van der Waals surface area contributed by atoms with Crippen LogP contribution in [-0.4, -0.2) is 26.1 Å². The van der Waals surface area contributed by atoms with Gasteiger partial charge in [0, 0.05) is 21.7 Å². The number of nitrogens with one attached hydrogen (secondary N) is 2. The summed E-state index contributed by atoms with van der Waals surface area (Å²) in [5.41, 5.74) is 11.4. The van der Waals surface area contributed by atoms with Crippen molar-refractivity contribution in [2.24, 2.45) is 4.52 Å². The number of urea groups is 1. The Morgan fingerprint density at radius 2 is 1.79 bits per heavy atom. The summed E-state index contributed by atoms with van der Waals surface area (Å²) < 4.78 is 25.9. The largest absolute Gasteiger partial charge is 0.507 e. The van der Waals surface area contributed by atoms with Crippen molar-refractivity contribution in [2.45, 2.75) is 31.6 Å². The standard InChI is InChI=1S/C18H21N5O4S/c1-12-10-14(11-13(2)17(12)24)4-3-9-20-18(25)21-15-5-7-16(8-6-15)28(26,27)23-22-19/h5-8,10-11,24H,3-4,9H2,1-2H3,(H2,20,21,25). The zero-order chi connectivity index (χ0) is 20.7. The molecule has 2 aromatic carbocycles. The monoisotopic (exact) mass is 403 g/mol. The fraction of sp³-hybridized carbons (Fsp3) is 0.278. The number of rotatable bonds is 7. The average Bonchev–Trinajstić information content (AvgIpc) is 2.63. The zero-order valence-electron chi connectivity index (χ0n) is 15.5. The minimum atomic E-state index is -4.04. The van der Waals surface area contributed by atoms with Gasteiger partial charge in [-0.3, -0.25) is 0 Å². The highest BCUT2D eigenvalue weighted by atomic mass is 32.2. The number of aromatic hydroxyl groups is 1.